The number of fused-ring (bicyclic) bond motifs is 1. The second kappa shape index (κ2) is 9.86. The van der Waals surface area contributed by atoms with Crippen molar-refractivity contribution in [3.63, 3.8) is 0 Å². The van der Waals surface area contributed by atoms with Crippen LogP contribution in [0.25, 0.3) is 10.9 Å². The van der Waals surface area contributed by atoms with Gasteiger partial charge in [-0.2, -0.15) is 0 Å². The summed E-state index contributed by atoms with van der Waals surface area (Å²) in [5.74, 6) is -0.448. The minimum Gasteiger partial charge on any atom is -0.497 e. The van der Waals surface area contributed by atoms with Gasteiger partial charge in [-0.05, 0) is 49.4 Å². The zero-order valence-electron chi connectivity index (χ0n) is 18.9. The summed E-state index contributed by atoms with van der Waals surface area (Å²) >= 11 is 0. The summed E-state index contributed by atoms with van der Waals surface area (Å²) in [6.45, 7) is 1.65. The lowest BCUT2D eigenvalue weighted by Gasteiger charge is -2.19. The van der Waals surface area contributed by atoms with E-state index in [1.807, 2.05) is 0 Å². The smallest absolute Gasteiger partial charge is 0.442 e. The fraction of sp³-hybridized carbons (Fsp3) is 0.217. The molecule has 0 aliphatic carbocycles. The number of nitrogens with zero attached hydrogens (tertiary/aromatic N) is 2. The van der Waals surface area contributed by atoms with Crippen molar-refractivity contribution in [2.75, 3.05) is 33.6 Å². The van der Waals surface area contributed by atoms with Crippen molar-refractivity contribution in [2.45, 2.75) is 6.92 Å². The van der Waals surface area contributed by atoms with Crippen LogP contribution in [-0.2, 0) is 9.57 Å². The first kappa shape index (κ1) is 23.3. The number of amides is 2. The molecule has 0 bridgehead atoms. The van der Waals surface area contributed by atoms with Gasteiger partial charge in [-0.15, -0.1) is 5.06 Å². The van der Waals surface area contributed by atoms with Crippen molar-refractivity contribution < 1.29 is 28.7 Å². The van der Waals surface area contributed by atoms with Crippen molar-refractivity contribution in [3.8, 4) is 5.75 Å². The number of carbonyl (C=O) groups is 3. The molecule has 33 heavy (non-hydrogen) atoms. The third-order valence-corrected chi connectivity index (χ3v) is 4.87. The van der Waals surface area contributed by atoms with Gasteiger partial charge in [-0.3, -0.25) is 9.78 Å². The molecule has 0 aliphatic heterocycles. The van der Waals surface area contributed by atoms with E-state index >= 15 is 0 Å². The standard InChI is InChI=1S/C23H24N4O6/c1-13-19(22(29)33-27(3)23(30)32-5)20(26-15-7-9-16(31-4)10-8-15)17-12-14(21(28)24-2)6-11-18(17)25-13/h6-12H,1-5H3,(H,24,28)(H,25,26). The zero-order valence-corrected chi connectivity index (χ0v) is 18.9. The Labute approximate surface area is 190 Å². The SMILES string of the molecule is CNC(=O)c1ccc2nc(C)c(C(=O)ON(C)C(=O)OC)c(Nc3ccc(OC)cc3)c2c1. The highest BCUT2D eigenvalue weighted by molar-refractivity contribution is 6.09. The summed E-state index contributed by atoms with van der Waals surface area (Å²) < 4.78 is 9.77. The van der Waals surface area contributed by atoms with E-state index in [0.717, 1.165) is 0 Å². The molecule has 2 N–H and O–H groups in total. The fourth-order valence-corrected chi connectivity index (χ4v) is 3.21. The number of aromatic nitrogens is 1. The number of benzene rings is 2. The molecule has 0 aliphatic rings. The molecule has 172 valence electrons. The molecule has 10 nitrogen and oxygen atoms in total. The van der Waals surface area contributed by atoms with Crippen molar-refractivity contribution in [3.05, 3.63) is 59.3 Å². The summed E-state index contributed by atoms with van der Waals surface area (Å²) in [6, 6.07) is 12.1. The van der Waals surface area contributed by atoms with Crippen molar-refractivity contribution in [2.24, 2.45) is 0 Å². The normalized spacial score (nSPS) is 10.3. The number of methoxy groups -OCH3 is 2. The molecule has 0 unspecified atom stereocenters. The summed E-state index contributed by atoms with van der Waals surface area (Å²) in [7, 11) is 5.52. The van der Waals surface area contributed by atoms with Crippen LogP contribution in [0.2, 0.25) is 0 Å². The van der Waals surface area contributed by atoms with Crippen LogP contribution in [0.4, 0.5) is 16.2 Å². The molecule has 3 aromatic rings. The summed E-state index contributed by atoms with van der Waals surface area (Å²) in [5, 5.41) is 7.01. The molecule has 0 radical (unpaired) electrons. The van der Waals surface area contributed by atoms with Gasteiger partial charge >= 0.3 is 12.1 Å². The Morgan fingerprint density at radius 3 is 2.33 bits per heavy atom. The summed E-state index contributed by atoms with van der Waals surface area (Å²) in [6.07, 6.45) is -0.846. The first-order valence-electron chi connectivity index (χ1n) is 9.90. The Kier molecular flexibility index (Phi) is 6.97. The van der Waals surface area contributed by atoms with Crippen molar-refractivity contribution in [1.29, 1.82) is 0 Å². The van der Waals surface area contributed by atoms with Crippen LogP contribution in [0.5, 0.6) is 5.75 Å². The summed E-state index contributed by atoms with van der Waals surface area (Å²) in [5.41, 5.74) is 2.45. The predicted molar refractivity (Wildman–Crippen MR) is 122 cm³/mol. The number of carbonyl (C=O) groups excluding carboxylic acids is 3. The van der Waals surface area contributed by atoms with E-state index < -0.39 is 12.1 Å². The quantitative estimate of drug-likeness (QED) is 0.565. The minimum absolute atomic E-state index is 0.100. The number of hydroxylamine groups is 2. The van der Waals surface area contributed by atoms with Gasteiger partial charge in [0.15, 0.2) is 0 Å². The lowest BCUT2D eigenvalue weighted by atomic mass is 10.0. The number of rotatable bonds is 5. The average molecular weight is 452 g/mol. The van der Waals surface area contributed by atoms with Gasteiger partial charge in [-0.25, -0.2) is 9.59 Å². The summed E-state index contributed by atoms with van der Waals surface area (Å²) in [4.78, 5) is 46.7. The molecule has 2 amide bonds. The number of hydrogen-bond donors (Lipinski definition) is 2. The van der Waals surface area contributed by atoms with Crippen molar-refractivity contribution >= 4 is 40.2 Å². The Morgan fingerprint density at radius 1 is 1.03 bits per heavy atom. The van der Waals surface area contributed by atoms with E-state index in [4.69, 9.17) is 9.57 Å². The molecule has 0 fully saturated rings. The Bertz CT molecular complexity index is 1210. The monoisotopic (exact) mass is 452 g/mol. The molecule has 0 atom stereocenters. The van der Waals surface area contributed by atoms with Crippen LogP contribution in [0, 0.1) is 6.92 Å². The molecular formula is C23H24N4O6. The number of hydrogen-bond acceptors (Lipinski definition) is 8. The molecule has 1 aromatic heterocycles. The van der Waals surface area contributed by atoms with Gasteiger partial charge in [0.05, 0.1) is 38.2 Å². The van der Waals surface area contributed by atoms with E-state index in [1.165, 1.54) is 21.2 Å². The molecular weight excluding hydrogens is 428 g/mol. The third kappa shape index (κ3) is 4.95. The molecule has 3 rings (SSSR count). The van der Waals surface area contributed by atoms with Crippen molar-refractivity contribution in [1.82, 2.24) is 15.4 Å². The maximum absolute atomic E-state index is 13.1. The predicted octanol–water partition coefficient (Wildman–Crippen LogP) is 3.43. The van der Waals surface area contributed by atoms with Gasteiger partial charge in [-0.1, -0.05) is 0 Å². The van der Waals surface area contributed by atoms with E-state index in [2.05, 4.69) is 20.4 Å². The zero-order chi connectivity index (χ0) is 24.1. The van der Waals surface area contributed by atoms with Crippen LogP contribution >= 0.6 is 0 Å². The second-order valence-electron chi connectivity index (χ2n) is 6.96. The number of aryl methyl sites for hydroxylation is 1. The molecule has 0 spiro atoms. The van der Waals surface area contributed by atoms with E-state index in [1.54, 1.807) is 56.5 Å². The number of anilines is 2. The van der Waals surface area contributed by atoms with Crippen LogP contribution in [0.3, 0.4) is 0 Å². The maximum atomic E-state index is 13.1. The largest absolute Gasteiger partial charge is 0.497 e. The minimum atomic E-state index is -0.846. The maximum Gasteiger partial charge on any atom is 0.442 e. The van der Waals surface area contributed by atoms with Crippen LogP contribution < -0.4 is 15.4 Å². The van der Waals surface area contributed by atoms with E-state index in [0.29, 0.717) is 44.3 Å². The van der Waals surface area contributed by atoms with E-state index in [-0.39, 0.29) is 11.5 Å². The Hall–Kier alpha value is -4.34. The Balaban J connectivity index is 2.18. The van der Waals surface area contributed by atoms with Gasteiger partial charge < -0.3 is 24.9 Å². The molecule has 10 heteroatoms. The topological polar surface area (TPSA) is 119 Å². The highest BCUT2D eigenvalue weighted by Crippen LogP contribution is 2.33. The molecule has 1 heterocycles. The average Bonchev–Trinajstić information content (AvgIpc) is 2.82. The first-order chi connectivity index (χ1) is 15.8. The second-order valence-corrected chi connectivity index (χ2v) is 6.96. The van der Waals surface area contributed by atoms with Gasteiger partial charge in [0.1, 0.15) is 11.3 Å². The lowest BCUT2D eigenvalue weighted by molar-refractivity contribution is -0.0740. The van der Waals surface area contributed by atoms with Gasteiger partial charge in [0, 0.05) is 23.7 Å². The Morgan fingerprint density at radius 2 is 1.73 bits per heavy atom. The molecule has 2 aromatic carbocycles. The highest BCUT2D eigenvalue weighted by Gasteiger charge is 2.25. The number of nitrogens with one attached hydrogen (secondary N) is 2. The molecule has 0 saturated heterocycles. The van der Waals surface area contributed by atoms with E-state index in [9.17, 15) is 14.4 Å². The molecule has 0 saturated carbocycles. The van der Waals surface area contributed by atoms with Crippen LogP contribution in [0.1, 0.15) is 26.4 Å². The third-order valence-electron chi connectivity index (χ3n) is 4.87. The number of ether oxygens (including phenoxy) is 2. The lowest BCUT2D eigenvalue weighted by Crippen LogP contribution is -2.30. The number of pyridine rings is 1. The fourth-order valence-electron chi connectivity index (χ4n) is 3.21. The van der Waals surface area contributed by atoms with Crippen LogP contribution in [0.15, 0.2) is 42.5 Å². The van der Waals surface area contributed by atoms with Gasteiger partial charge in [0.25, 0.3) is 5.91 Å². The van der Waals surface area contributed by atoms with Crippen LogP contribution in [-0.4, -0.2) is 56.3 Å². The van der Waals surface area contributed by atoms with Gasteiger partial charge in [0.2, 0.25) is 0 Å². The highest BCUT2D eigenvalue weighted by atomic mass is 16.7. The first-order valence-corrected chi connectivity index (χ1v) is 9.90.